The molecule has 0 atom stereocenters. The van der Waals surface area contributed by atoms with Crippen molar-refractivity contribution in [1.82, 2.24) is 5.32 Å². The van der Waals surface area contributed by atoms with Gasteiger partial charge in [-0.2, -0.15) is 0 Å². The van der Waals surface area contributed by atoms with Crippen molar-refractivity contribution in [2.24, 2.45) is 5.92 Å². The molecule has 20 heavy (non-hydrogen) atoms. The Hall–Kier alpha value is -1.58. The zero-order chi connectivity index (χ0) is 14.4. The van der Waals surface area contributed by atoms with Gasteiger partial charge in [0, 0.05) is 17.5 Å². The number of ether oxygens (including phenoxy) is 1. The monoisotopic (exact) mass is 273 g/mol. The maximum absolute atomic E-state index is 5.90. The summed E-state index contributed by atoms with van der Waals surface area (Å²) in [6, 6.07) is 8.13. The molecule has 0 radical (unpaired) electrons. The second kappa shape index (κ2) is 7.27. The zero-order valence-electron chi connectivity index (χ0n) is 12.3. The van der Waals surface area contributed by atoms with Crippen LogP contribution in [0.2, 0.25) is 0 Å². The molecule has 0 amide bonds. The van der Waals surface area contributed by atoms with E-state index < -0.39 is 0 Å². The summed E-state index contributed by atoms with van der Waals surface area (Å²) in [5.41, 5.74) is 2.12. The highest BCUT2D eigenvalue weighted by Gasteiger charge is 2.13. The number of nitrogens with one attached hydrogen (secondary N) is 1. The second-order valence-electron chi connectivity index (χ2n) is 5.33. The van der Waals surface area contributed by atoms with Gasteiger partial charge in [0.05, 0.1) is 6.61 Å². The third kappa shape index (κ3) is 3.71. The van der Waals surface area contributed by atoms with Crippen LogP contribution in [0.3, 0.4) is 0 Å². The molecule has 1 aromatic carbocycles. The van der Waals surface area contributed by atoms with E-state index in [1.54, 1.807) is 6.08 Å². The quantitative estimate of drug-likeness (QED) is 0.585. The first kappa shape index (κ1) is 14.8. The van der Waals surface area contributed by atoms with Crippen molar-refractivity contribution in [2.45, 2.75) is 27.0 Å². The lowest BCUT2D eigenvalue weighted by Gasteiger charge is -2.08. The summed E-state index contributed by atoms with van der Waals surface area (Å²) in [6.45, 7) is 10.9. The first-order chi connectivity index (χ1) is 9.72. The van der Waals surface area contributed by atoms with Gasteiger partial charge < -0.3 is 14.5 Å². The van der Waals surface area contributed by atoms with Gasteiger partial charge in [0.15, 0.2) is 0 Å². The lowest BCUT2D eigenvalue weighted by atomic mass is 10.1. The maximum atomic E-state index is 5.90. The standard InChI is InChI=1S/C17H23NO2/c1-4-9-19-12-17-15(11-18-10-13(2)3)14-7-5-6-8-16(14)20-17/h4-8,13,18H,1,9-12H2,2-3H3. The van der Waals surface area contributed by atoms with Gasteiger partial charge in [0.25, 0.3) is 0 Å². The molecule has 1 aromatic heterocycles. The van der Waals surface area contributed by atoms with Gasteiger partial charge in [-0.05, 0) is 18.5 Å². The summed E-state index contributed by atoms with van der Waals surface area (Å²) >= 11 is 0. The van der Waals surface area contributed by atoms with Crippen LogP contribution < -0.4 is 5.32 Å². The predicted octanol–water partition coefficient (Wildman–Crippen LogP) is 3.88. The Balaban J connectivity index is 2.17. The Labute approximate surface area is 120 Å². The molecule has 2 aromatic rings. The van der Waals surface area contributed by atoms with Gasteiger partial charge in [-0.15, -0.1) is 6.58 Å². The Morgan fingerprint density at radius 3 is 2.90 bits per heavy atom. The van der Waals surface area contributed by atoms with Crippen LogP contribution in [-0.4, -0.2) is 13.2 Å². The molecule has 0 saturated heterocycles. The van der Waals surface area contributed by atoms with Crippen molar-refractivity contribution < 1.29 is 9.15 Å². The van der Waals surface area contributed by atoms with Gasteiger partial charge in [-0.1, -0.05) is 38.1 Å². The minimum absolute atomic E-state index is 0.486. The summed E-state index contributed by atoms with van der Waals surface area (Å²) in [7, 11) is 0. The molecule has 1 N–H and O–H groups in total. The topological polar surface area (TPSA) is 34.4 Å². The molecular formula is C17H23NO2. The van der Waals surface area contributed by atoms with E-state index >= 15 is 0 Å². The molecule has 0 aliphatic heterocycles. The van der Waals surface area contributed by atoms with Crippen LogP contribution in [0.25, 0.3) is 11.0 Å². The SMILES string of the molecule is C=CCOCc1oc2ccccc2c1CNCC(C)C. The minimum atomic E-state index is 0.486. The highest BCUT2D eigenvalue weighted by molar-refractivity contribution is 5.82. The number of hydrogen-bond donors (Lipinski definition) is 1. The van der Waals surface area contributed by atoms with Crippen LogP contribution in [0.4, 0.5) is 0 Å². The first-order valence-corrected chi connectivity index (χ1v) is 7.11. The van der Waals surface area contributed by atoms with E-state index in [0.717, 1.165) is 24.4 Å². The van der Waals surface area contributed by atoms with Gasteiger partial charge in [0.1, 0.15) is 18.0 Å². The highest BCUT2D eigenvalue weighted by Crippen LogP contribution is 2.26. The van der Waals surface area contributed by atoms with E-state index in [1.807, 2.05) is 18.2 Å². The molecular weight excluding hydrogens is 250 g/mol. The Morgan fingerprint density at radius 1 is 1.35 bits per heavy atom. The lowest BCUT2D eigenvalue weighted by molar-refractivity contribution is 0.132. The number of fused-ring (bicyclic) bond motifs is 1. The molecule has 1 heterocycles. The van der Waals surface area contributed by atoms with E-state index in [0.29, 0.717) is 19.1 Å². The highest BCUT2D eigenvalue weighted by atomic mass is 16.5. The maximum Gasteiger partial charge on any atom is 0.135 e. The fraction of sp³-hybridized carbons (Fsp3) is 0.412. The van der Waals surface area contributed by atoms with Crippen LogP contribution >= 0.6 is 0 Å². The Bertz CT molecular complexity index is 557. The van der Waals surface area contributed by atoms with Crippen molar-refractivity contribution in [1.29, 1.82) is 0 Å². The fourth-order valence-electron chi connectivity index (χ4n) is 2.18. The molecule has 0 fully saturated rings. The van der Waals surface area contributed by atoms with Gasteiger partial charge in [-0.3, -0.25) is 0 Å². The molecule has 108 valence electrons. The third-order valence-electron chi connectivity index (χ3n) is 3.11. The zero-order valence-corrected chi connectivity index (χ0v) is 12.3. The van der Waals surface area contributed by atoms with Crippen molar-refractivity contribution in [3.05, 3.63) is 48.2 Å². The molecule has 0 unspecified atom stereocenters. The van der Waals surface area contributed by atoms with E-state index in [9.17, 15) is 0 Å². The van der Waals surface area contributed by atoms with Crippen molar-refractivity contribution in [3.8, 4) is 0 Å². The molecule has 0 aliphatic carbocycles. The number of rotatable bonds is 8. The first-order valence-electron chi connectivity index (χ1n) is 7.11. The average molecular weight is 273 g/mol. The van der Waals surface area contributed by atoms with E-state index in [-0.39, 0.29) is 0 Å². The Morgan fingerprint density at radius 2 is 2.15 bits per heavy atom. The van der Waals surface area contributed by atoms with Crippen LogP contribution in [-0.2, 0) is 17.9 Å². The minimum Gasteiger partial charge on any atom is -0.458 e. The third-order valence-corrected chi connectivity index (χ3v) is 3.11. The lowest BCUT2D eigenvalue weighted by Crippen LogP contribution is -2.19. The van der Waals surface area contributed by atoms with Gasteiger partial charge >= 0.3 is 0 Å². The van der Waals surface area contributed by atoms with Crippen LogP contribution in [0.5, 0.6) is 0 Å². The van der Waals surface area contributed by atoms with Crippen molar-refractivity contribution in [2.75, 3.05) is 13.2 Å². The molecule has 0 saturated carbocycles. The molecule has 2 rings (SSSR count). The fourth-order valence-corrected chi connectivity index (χ4v) is 2.18. The summed E-state index contributed by atoms with van der Waals surface area (Å²) in [5, 5.41) is 4.64. The van der Waals surface area contributed by atoms with Crippen LogP contribution in [0, 0.1) is 5.92 Å². The largest absolute Gasteiger partial charge is 0.458 e. The van der Waals surface area contributed by atoms with Crippen LogP contribution in [0.15, 0.2) is 41.3 Å². The summed E-state index contributed by atoms with van der Waals surface area (Å²) in [6.07, 6.45) is 1.75. The molecule has 0 spiro atoms. The van der Waals surface area contributed by atoms with Crippen LogP contribution in [0.1, 0.15) is 25.2 Å². The van der Waals surface area contributed by atoms with E-state index in [1.165, 1.54) is 10.9 Å². The number of para-hydroxylation sites is 1. The van der Waals surface area contributed by atoms with Gasteiger partial charge in [0.2, 0.25) is 0 Å². The number of hydrogen-bond acceptors (Lipinski definition) is 3. The number of furan rings is 1. The summed E-state index contributed by atoms with van der Waals surface area (Å²) < 4.78 is 11.4. The molecule has 3 nitrogen and oxygen atoms in total. The van der Waals surface area contributed by atoms with E-state index in [4.69, 9.17) is 9.15 Å². The number of benzene rings is 1. The van der Waals surface area contributed by atoms with Gasteiger partial charge in [-0.25, -0.2) is 0 Å². The smallest absolute Gasteiger partial charge is 0.135 e. The molecule has 3 heteroatoms. The normalized spacial score (nSPS) is 11.3. The van der Waals surface area contributed by atoms with Crippen molar-refractivity contribution in [3.63, 3.8) is 0 Å². The summed E-state index contributed by atoms with van der Waals surface area (Å²) in [5.74, 6) is 1.54. The molecule has 0 bridgehead atoms. The summed E-state index contributed by atoms with van der Waals surface area (Å²) in [4.78, 5) is 0. The molecule has 0 aliphatic rings. The second-order valence-corrected chi connectivity index (χ2v) is 5.33. The average Bonchev–Trinajstić information content (AvgIpc) is 2.77. The predicted molar refractivity (Wildman–Crippen MR) is 82.6 cm³/mol. The Kier molecular flexibility index (Phi) is 5.39. The van der Waals surface area contributed by atoms with E-state index in [2.05, 4.69) is 31.8 Å². The van der Waals surface area contributed by atoms with Crippen molar-refractivity contribution >= 4 is 11.0 Å².